The zero-order valence-electron chi connectivity index (χ0n) is 11.2. The molecule has 0 N–H and O–H groups in total. The van der Waals surface area contributed by atoms with E-state index in [4.69, 9.17) is 16.3 Å². The summed E-state index contributed by atoms with van der Waals surface area (Å²) in [6, 6.07) is 3.80. The van der Waals surface area contributed by atoms with Gasteiger partial charge in [0.15, 0.2) is 0 Å². The molecule has 0 amide bonds. The van der Waals surface area contributed by atoms with E-state index in [0.29, 0.717) is 17.0 Å². The van der Waals surface area contributed by atoms with Crippen molar-refractivity contribution in [3.8, 4) is 0 Å². The summed E-state index contributed by atoms with van der Waals surface area (Å²) in [7, 11) is 0. The van der Waals surface area contributed by atoms with Crippen molar-refractivity contribution in [1.29, 1.82) is 0 Å². The minimum atomic E-state index is -0.436. The minimum absolute atomic E-state index is 0.296. The standard InChI is InChI=1S/C15H16BrClO2/c1-4-9-7-10(16)8-12(17)13(9)11-5-6-15(2,3)19-14(11)18/h5,7-8H,4,6H2,1-3H3. The van der Waals surface area contributed by atoms with E-state index >= 15 is 0 Å². The van der Waals surface area contributed by atoms with E-state index in [9.17, 15) is 4.79 Å². The van der Waals surface area contributed by atoms with Gasteiger partial charge >= 0.3 is 5.97 Å². The smallest absolute Gasteiger partial charge is 0.339 e. The molecule has 19 heavy (non-hydrogen) atoms. The third kappa shape index (κ3) is 3.03. The van der Waals surface area contributed by atoms with Gasteiger partial charge in [-0.25, -0.2) is 4.79 Å². The van der Waals surface area contributed by atoms with Gasteiger partial charge in [-0.3, -0.25) is 0 Å². The van der Waals surface area contributed by atoms with E-state index in [0.717, 1.165) is 22.0 Å². The Hall–Kier alpha value is -0.800. The van der Waals surface area contributed by atoms with Crippen LogP contribution in [0.3, 0.4) is 0 Å². The molecule has 0 aromatic heterocycles. The first-order chi connectivity index (χ1) is 8.84. The Bertz CT molecular complexity index is 562. The van der Waals surface area contributed by atoms with Gasteiger partial charge in [-0.05, 0) is 38.0 Å². The van der Waals surface area contributed by atoms with Gasteiger partial charge in [-0.1, -0.05) is 40.5 Å². The molecule has 102 valence electrons. The van der Waals surface area contributed by atoms with Gasteiger partial charge in [-0.15, -0.1) is 0 Å². The zero-order chi connectivity index (χ0) is 14.2. The third-order valence-corrected chi connectivity index (χ3v) is 3.93. The van der Waals surface area contributed by atoms with E-state index in [1.54, 1.807) is 0 Å². The van der Waals surface area contributed by atoms with Crippen molar-refractivity contribution < 1.29 is 9.53 Å². The van der Waals surface area contributed by atoms with Crippen LogP contribution in [0.25, 0.3) is 5.57 Å². The molecule has 0 saturated carbocycles. The van der Waals surface area contributed by atoms with Crippen LogP contribution in [0.4, 0.5) is 0 Å². The third-order valence-electron chi connectivity index (χ3n) is 3.17. The SMILES string of the molecule is CCc1cc(Br)cc(Cl)c1C1=CCC(C)(C)OC1=O. The first-order valence-corrected chi connectivity index (χ1v) is 7.43. The number of halogens is 2. The molecule has 0 radical (unpaired) electrons. The Morgan fingerprint density at radius 3 is 2.68 bits per heavy atom. The van der Waals surface area contributed by atoms with Gasteiger partial charge in [0, 0.05) is 16.5 Å². The van der Waals surface area contributed by atoms with Crippen molar-refractivity contribution in [1.82, 2.24) is 0 Å². The molecular formula is C15H16BrClO2. The van der Waals surface area contributed by atoms with Crippen molar-refractivity contribution in [3.63, 3.8) is 0 Å². The van der Waals surface area contributed by atoms with Crippen LogP contribution in [0, 0.1) is 0 Å². The average molecular weight is 344 g/mol. The highest BCUT2D eigenvalue weighted by Gasteiger charge is 2.31. The highest BCUT2D eigenvalue weighted by atomic mass is 79.9. The molecule has 0 bridgehead atoms. The maximum Gasteiger partial charge on any atom is 0.339 e. The lowest BCUT2D eigenvalue weighted by atomic mass is 9.92. The maximum atomic E-state index is 12.2. The maximum absolute atomic E-state index is 12.2. The highest BCUT2D eigenvalue weighted by molar-refractivity contribution is 9.10. The number of rotatable bonds is 2. The number of cyclic esters (lactones) is 1. The number of hydrogen-bond acceptors (Lipinski definition) is 2. The second-order valence-corrected chi connectivity index (χ2v) is 6.57. The van der Waals surface area contributed by atoms with Crippen LogP contribution in [0.15, 0.2) is 22.7 Å². The number of carbonyl (C=O) groups excluding carboxylic acids is 1. The van der Waals surface area contributed by atoms with E-state index in [-0.39, 0.29) is 5.97 Å². The number of carbonyl (C=O) groups is 1. The van der Waals surface area contributed by atoms with Crippen LogP contribution in [0.1, 0.15) is 38.3 Å². The summed E-state index contributed by atoms with van der Waals surface area (Å²) >= 11 is 9.73. The second kappa shape index (κ2) is 5.29. The van der Waals surface area contributed by atoms with Crippen molar-refractivity contribution in [2.45, 2.75) is 39.2 Å². The van der Waals surface area contributed by atoms with Crippen LogP contribution in [-0.4, -0.2) is 11.6 Å². The predicted octanol–water partition coefficient (Wildman–Crippen LogP) is 4.77. The number of aryl methyl sites for hydroxylation is 1. The summed E-state index contributed by atoms with van der Waals surface area (Å²) in [6.45, 7) is 5.85. The Kier molecular flexibility index (Phi) is 4.07. The summed E-state index contributed by atoms with van der Waals surface area (Å²) in [6.07, 6.45) is 3.44. The molecule has 0 fully saturated rings. The number of hydrogen-bond donors (Lipinski definition) is 0. The van der Waals surface area contributed by atoms with Crippen molar-refractivity contribution >= 4 is 39.1 Å². The molecule has 0 unspecified atom stereocenters. The first kappa shape index (κ1) is 14.6. The summed E-state index contributed by atoms with van der Waals surface area (Å²) in [5.41, 5.74) is 1.98. The van der Waals surface area contributed by atoms with Crippen LogP contribution < -0.4 is 0 Å². The van der Waals surface area contributed by atoms with E-state index in [1.165, 1.54) is 0 Å². The molecule has 0 aliphatic carbocycles. The minimum Gasteiger partial charge on any atom is -0.456 e. The van der Waals surface area contributed by atoms with Crippen LogP contribution in [0.5, 0.6) is 0 Å². The molecular weight excluding hydrogens is 328 g/mol. The molecule has 4 heteroatoms. The molecule has 1 heterocycles. The van der Waals surface area contributed by atoms with E-state index in [2.05, 4.69) is 15.9 Å². The van der Waals surface area contributed by atoms with Crippen LogP contribution >= 0.6 is 27.5 Å². The van der Waals surface area contributed by atoms with Gasteiger partial charge < -0.3 is 4.74 Å². The lowest BCUT2D eigenvalue weighted by Crippen LogP contribution is -2.31. The molecule has 2 nitrogen and oxygen atoms in total. The zero-order valence-corrected chi connectivity index (χ0v) is 13.6. The average Bonchev–Trinajstić information content (AvgIpc) is 2.29. The van der Waals surface area contributed by atoms with Gasteiger partial charge in [0.2, 0.25) is 0 Å². The molecule has 1 aromatic rings. The Labute approximate surface area is 126 Å². The molecule has 0 saturated heterocycles. The molecule has 1 aliphatic heterocycles. The van der Waals surface area contributed by atoms with Crippen molar-refractivity contribution in [3.05, 3.63) is 38.8 Å². The van der Waals surface area contributed by atoms with Gasteiger partial charge in [-0.2, -0.15) is 0 Å². The fourth-order valence-corrected chi connectivity index (χ4v) is 3.17. The van der Waals surface area contributed by atoms with Crippen molar-refractivity contribution in [2.75, 3.05) is 0 Å². The van der Waals surface area contributed by atoms with E-state index < -0.39 is 5.60 Å². The quantitative estimate of drug-likeness (QED) is 0.723. The lowest BCUT2D eigenvalue weighted by Gasteiger charge is -2.29. The van der Waals surface area contributed by atoms with Gasteiger partial charge in [0.1, 0.15) is 5.60 Å². The van der Waals surface area contributed by atoms with Gasteiger partial charge in [0.25, 0.3) is 0 Å². The Morgan fingerprint density at radius 1 is 1.42 bits per heavy atom. The Morgan fingerprint density at radius 2 is 2.11 bits per heavy atom. The normalized spacial score (nSPS) is 17.9. The van der Waals surface area contributed by atoms with Crippen LogP contribution in [-0.2, 0) is 16.0 Å². The molecule has 1 aliphatic rings. The molecule has 0 spiro atoms. The first-order valence-electron chi connectivity index (χ1n) is 6.26. The summed E-state index contributed by atoms with van der Waals surface area (Å²) < 4.78 is 6.37. The summed E-state index contributed by atoms with van der Waals surface area (Å²) in [4.78, 5) is 12.2. The molecule has 1 aromatic carbocycles. The fraction of sp³-hybridized carbons (Fsp3) is 0.400. The number of ether oxygens (including phenoxy) is 1. The summed E-state index contributed by atoms with van der Waals surface area (Å²) in [5, 5.41) is 0.578. The number of esters is 1. The lowest BCUT2D eigenvalue weighted by molar-refractivity contribution is -0.149. The molecule has 2 rings (SSSR count). The highest BCUT2D eigenvalue weighted by Crippen LogP contribution is 2.36. The van der Waals surface area contributed by atoms with Crippen molar-refractivity contribution in [2.24, 2.45) is 0 Å². The monoisotopic (exact) mass is 342 g/mol. The van der Waals surface area contributed by atoms with E-state index in [1.807, 2.05) is 39.0 Å². The second-order valence-electron chi connectivity index (χ2n) is 5.25. The number of benzene rings is 1. The fourth-order valence-electron chi connectivity index (χ4n) is 2.19. The largest absolute Gasteiger partial charge is 0.456 e. The van der Waals surface area contributed by atoms with Crippen LogP contribution in [0.2, 0.25) is 5.02 Å². The molecule has 0 atom stereocenters. The predicted molar refractivity (Wildman–Crippen MR) is 81.3 cm³/mol. The van der Waals surface area contributed by atoms with Gasteiger partial charge in [0.05, 0.1) is 10.6 Å². The topological polar surface area (TPSA) is 26.3 Å². The Balaban J connectivity index is 2.54. The summed E-state index contributed by atoms with van der Waals surface area (Å²) in [5.74, 6) is -0.296.